The molecule has 76 valence electrons. The minimum Gasteiger partial charge on any atom is -0.388 e. The fourth-order valence-corrected chi connectivity index (χ4v) is 2.38. The van der Waals surface area contributed by atoms with Crippen molar-refractivity contribution >= 4 is 0 Å². The van der Waals surface area contributed by atoms with Gasteiger partial charge in [0.25, 0.3) is 0 Å². The van der Waals surface area contributed by atoms with Gasteiger partial charge in [-0.25, -0.2) is 0 Å². The molecule has 2 rings (SSSR count). The van der Waals surface area contributed by atoms with Crippen LogP contribution in [0.25, 0.3) is 0 Å². The third kappa shape index (κ3) is 1.69. The fraction of sp³-hybridized carbons (Fsp3) is 0.538. The van der Waals surface area contributed by atoms with Gasteiger partial charge in [-0.15, -0.1) is 0 Å². The van der Waals surface area contributed by atoms with E-state index in [0.29, 0.717) is 5.92 Å². The number of aliphatic hydroxyl groups is 1. The SMILES string of the molecule is CCCCC1Cc2ccccc2C1O. The van der Waals surface area contributed by atoms with Gasteiger partial charge in [-0.05, 0) is 29.9 Å². The molecule has 0 amide bonds. The van der Waals surface area contributed by atoms with E-state index in [0.717, 1.165) is 18.4 Å². The smallest absolute Gasteiger partial charge is 0.0824 e. The van der Waals surface area contributed by atoms with Crippen LogP contribution in [0.3, 0.4) is 0 Å². The van der Waals surface area contributed by atoms with Crippen molar-refractivity contribution in [1.82, 2.24) is 0 Å². The molecule has 1 aromatic carbocycles. The van der Waals surface area contributed by atoms with Gasteiger partial charge >= 0.3 is 0 Å². The standard InChI is InChI=1S/C13H18O/c1-2-3-6-11-9-10-7-4-5-8-12(10)13(11)14/h4-5,7-8,11,13-14H,2-3,6,9H2,1H3. The Labute approximate surface area is 85.8 Å². The maximum Gasteiger partial charge on any atom is 0.0824 e. The predicted molar refractivity (Wildman–Crippen MR) is 58.1 cm³/mol. The molecule has 0 spiro atoms. The average Bonchev–Trinajstić information content (AvgIpc) is 2.54. The van der Waals surface area contributed by atoms with Crippen LogP contribution in [0.15, 0.2) is 24.3 Å². The molecule has 0 aromatic heterocycles. The van der Waals surface area contributed by atoms with Crippen LogP contribution in [0.1, 0.15) is 43.4 Å². The predicted octanol–water partition coefficient (Wildman–Crippen LogP) is 3.08. The maximum absolute atomic E-state index is 10.1. The molecule has 1 heteroatoms. The molecule has 1 aliphatic carbocycles. The van der Waals surface area contributed by atoms with Gasteiger partial charge in [-0.1, -0.05) is 44.0 Å². The number of hydrogen-bond acceptors (Lipinski definition) is 1. The van der Waals surface area contributed by atoms with Crippen LogP contribution in [0.2, 0.25) is 0 Å². The Kier molecular flexibility index (Phi) is 2.87. The summed E-state index contributed by atoms with van der Waals surface area (Å²) in [4.78, 5) is 0. The number of fused-ring (bicyclic) bond motifs is 1. The van der Waals surface area contributed by atoms with Crippen LogP contribution >= 0.6 is 0 Å². The Bertz CT molecular complexity index is 306. The second-order valence-corrected chi connectivity index (χ2v) is 4.25. The highest BCUT2D eigenvalue weighted by Gasteiger charge is 2.29. The van der Waals surface area contributed by atoms with Crippen LogP contribution in [0, 0.1) is 5.92 Å². The Morgan fingerprint density at radius 2 is 2.14 bits per heavy atom. The molecule has 0 aliphatic heterocycles. The van der Waals surface area contributed by atoms with Crippen LogP contribution in [0.4, 0.5) is 0 Å². The summed E-state index contributed by atoms with van der Waals surface area (Å²) < 4.78 is 0. The molecular weight excluding hydrogens is 172 g/mol. The maximum atomic E-state index is 10.1. The van der Waals surface area contributed by atoms with E-state index in [1.807, 2.05) is 6.07 Å². The van der Waals surface area contributed by atoms with Crippen molar-refractivity contribution in [2.45, 2.75) is 38.7 Å². The summed E-state index contributed by atoms with van der Waals surface area (Å²) in [6.07, 6.45) is 4.47. The summed E-state index contributed by atoms with van der Waals surface area (Å²) in [5.41, 5.74) is 2.51. The molecule has 2 unspecified atom stereocenters. The molecule has 2 atom stereocenters. The van der Waals surface area contributed by atoms with Crippen molar-refractivity contribution in [2.24, 2.45) is 5.92 Å². The van der Waals surface area contributed by atoms with Gasteiger partial charge in [0.15, 0.2) is 0 Å². The summed E-state index contributed by atoms with van der Waals surface area (Å²) in [6, 6.07) is 8.29. The lowest BCUT2D eigenvalue weighted by Gasteiger charge is -2.13. The Balaban J connectivity index is 2.09. The normalized spacial score (nSPS) is 25.0. The summed E-state index contributed by atoms with van der Waals surface area (Å²) in [5.74, 6) is 0.465. The molecule has 0 saturated heterocycles. The topological polar surface area (TPSA) is 20.2 Å². The van der Waals surface area contributed by atoms with Crippen molar-refractivity contribution in [3.8, 4) is 0 Å². The van der Waals surface area contributed by atoms with Crippen LogP contribution in [0.5, 0.6) is 0 Å². The molecule has 14 heavy (non-hydrogen) atoms. The molecule has 1 aliphatic rings. The largest absolute Gasteiger partial charge is 0.388 e. The minimum absolute atomic E-state index is 0.210. The van der Waals surface area contributed by atoms with Crippen molar-refractivity contribution < 1.29 is 5.11 Å². The van der Waals surface area contributed by atoms with E-state index in [1.54, 1.807) is 0 Å². The van der Waals surface area contributed by atoms with E-state index in [9.17, 15) is 5.11 Å². The molecule has 0 bridgehead atoms. The van der Waals surface area contributed by atoms with Gasteiger partial charge < -0.3 is 5.11 Å². The number of aliphatic hydroxyl groups excluding tert-OH is 1. The molecule has 1 nitrogen and oxygen atoms in total. The first kappa shape index (κ1) is 9.72. The Hall–Kier alpha value is -0.820. The van der Waals surface area contributed by atoms with Crippen molar-refractivity contribution in [2.75, 3.05) is 0 Å². The second-order valence-electron chi connectivity index (χ2n) is 4.25. The lowest BCUT2D eigenvalue weighted by atomic mass is 9.97. The van der Waals surface area contributed by atoms with E-state index in [-0.39, 0.29) is 6.10 Å². The highest BCUT2D eigenvalue weighted by Crippen LogP contribution is 2.38. The molecule has 0 fully saturated rings. The van der Waals surface area contributed by atoms with E-state index >= 15 is 0 Å². The fourth-order valence-electron chi connectivity index (χ4n) is 2.38. The zero-order chi connectivity index (χ0) is 9.97. The van der Waals surface area contributed by atoms with Gasteiger partial charge in [-0.3, -0.25) is 0 Å². The lowest BCUT2D eigenvalue weighted by Crippen LogP contribution is -2.06. The van der Waals surface area contributed by atoms with Gasteiger partial charge in [0.2, 0.25) is 0 Å². The van der Waals surface area contributed by atoms with Gasteiger partial charge in [0.1, 0.15) is 0 Å². The monoisotopic (exact) mass is 190 g/mol. The Morgan fingerprint density at radius 1 is 1.36 bits per heavy atom. The molecular formula is C13H18O. The van der Waals surface area contributed by atoms with Gasteiger partial charge in [0, 0.05) is 0 Å². The summed E-state index contributed by atoms with van der Waals surface area (Å²) >= 11 is 0. The summed E-state index contributed by atoms with van der Waals surface area (Å²) in [6.45, 7) is 2.20. The zero-order valence-corrected chi connectivity index (χ0v) is 8.74. The summed E-state index contributed by atoms with van der Waals surface area (Å²) in [7, 11) is 0. The molecule has 0 heterocycles. The molecule has 1 aromatic rings. The lowest BCUT2D eigenvalue weighted by molar-refractivity contribution is 0.117. The van der Waals surface area contributed by atoms with E-state index < -0.39 is 0 Å². The second kappa shape index (κ2) is 4.14. The molecule has 0 radical (unpaired) electrons. The highest BCUT2D eigenvalue weighted by atomic mass is 16.3. The van der Waals surface area contributed by atoms with Crippen molar-refractivity contribution in [3.05, 3.63) is 35.4 Å². The van der Waals surface area contributed by atoms with E-state index in [4.69, 9.17) is 0 Å². The minimum atomic E-state index is -0.210. The quantitative estimate of drug-likeness (QED) is 0.776. The third-order valence-electron chi connectivity index (χ3n) is 3.23. The number of rotatable bonds is 3. The van der Waals surface area contributed by atoms with Crippen LogP contribution < -0.4 is 0 Å². The average molecular weight is 190 g/mol. The molecule has 1 N–H and O–H groups in total. The number of unbranched alkanes of at least 4 members (excludes halogenated alkanes) is 1. The summed E-state index contributed by atoms with van der Waals surface area (Å²) in [5, 5.41) is 10.1. The number of benzene rings is 1. The Morgan fingerprint density at radius 3 is 2.86 bits per heavy atom. The zero-order valence-electron chi connectivity index (χ0n) is 8.74. The molecule has 0 saturated carbocycles. The first-order valence-electron chi connectivity index (χ1n) is 5.58. The van der Waals surface area contributed by atoms with Crippen molar-refractivity contribution in [3.63, 3.8) is 0 Å². The van der Waals surface area contributed by atoms with E-state index in [1.165, 1.54) is 18.4 Å². The van der Waals surface area contributed by atoms with Crippen molar-refractivity contribution in [1.29, 1.82) is 0 Å². The highest BCUT2D eigenvalue weighted by molar-refractivity contribution is 5.34. The first-order valence-corrected chi connectivity index (χ1v) is 5.58. The van der Waals surface area contributed by atoms with E-state index in [2.05, 4.69) is 25.1 Å². The first-order chi connectivity index (χ1) is 6.83. The van der Waals surface area contributed by atoms with Crippen LogP contribution in [-0.4, -0.2) is 5.11 Å². The third-order valence-corrected chi connectivity index (χ3v) is 3.23. The van der Waals surface area contributed by atoms with Crippen LogP contribution in [-0.2, 0) is 6.42 Å². The number of hydrogen-bond donors (Lipinski definition) is 1. The van der Waals surface area contributed by atoms with Gasteiger partial charge in [0.05, 0.1) is 6.10 Å². The van der Waals surface area contributed by atoms with Gasteiger partial charge in [-0.2, -0.15) is 0 Å².